The highest BCUT2D eigenvalue weighted by Gasteiger charge is 2.11. The Kier molecular flexibility index (Phi) is 3.53. The Morgan fingerprint density at radius 3 is 2.81 bits per heavy atom. The fourth-order valence-electron chi connectivity index (χ4n) is 1.74. The number of fused-ring (bicyclic) bond motifs is 1. The van der Waals surface area contributed by atoms with Crippen molar-refractivity contribution in [2.24, 2.45) is 0 Å². The molecule has 7 nitrogen and oxygen atoms in total. The van der Waals surface area contributed by atoms with Crippen molar-refractivity contribution in [1.29, 1.82) is 0 Å². The number of aryl methyl sites for hydroxylation is 1. The van der Waals surface area contributed by atoms with Crippen LogP contribution in [-0.4, -0.2) is 36.3 Å². The number of Topliss-reactive ketones (excluding diaryl/α,β-unsaturated/α-hetero) is 1. The van der Waals surface area contributed by atoms with Crippen molar-refractivity contribution in [3.63, 3.8) is 0 Å². The molecule has 0 saturated heterocycles. The Balaban J connectivity index is 1.75. The normalized spacial score (nSPS) is 10.9. The van der Waals surface area contributed by atoms with Crippen LogP contribution in [0.3, 0.4) is 0 Å². The van der Waals surface area contributed by atoms with Gasteiger partial charge in [0.1, 0.15) is 6.20 Å². The van der Waals surface area contributed by atoms with Crippen LogP contribution < -0.4 is 5.56 Å². The van der Waals surface area contributed by atoms with Crippen LogP contribution in [-0.2, 0) is 0 Å². The molecule has 0 atom stereocenters. The predicted octanol–water partition coefficient (Wildman–Crippen LogP) is 1.10. The third-order valence-corrected chi connectivity index (χ3v) is 3.76. The molecule has 8 heteroatoms. The molecule has 0 bridgehead atoms. The van der Waals surface area contributed by atoms with Crippen molar-refractivity contribution in [1.82, 2.24) is 24.8 Å². The molecule has 0 unspecified atom stereocenters. The second-order valence-electron chi connectivity index (χ2n) is 4.43. The quantitative estimate of drug-likeness (QED) is 0.573. The number of rotatable bonds is 4. The van der Waals surface area contributed by atoms with E-state index in [1.807, 2.05) is 19.1 Å². The maximum atomic E-state index is 12.1. The van der Waals surface area contributed by atoms with Gasteiger partial charge in [0.05, 0.1) is 5.75 Å². The van der Waals surface area contributed by atoms with E-state index in [0.717, 1.165) is 11.8 Å². The van der Waals surface area contributed by atoms with Crippen LogP contribution in [0.2, 0.25) is 0 Å². The van der Waals surface area contributed by atoms with E-state index < -0.39 is 0 Å². The minimum atomic E-state index is -0.345. The van der Waals surface area contributed by atoms with Crippen LogP contribution in [0.4, 0.5) is 0 Å². The summed E-state index contributed by atoms with van der Waals surface area (Å²) in [5.74, 6) is 0.485. The molecule has 0 radical (unpaired) electrons. The lowest BCUT2D eigenvalue weighted by Gasteiger charge is -2.00. The fourth-order valence-corrected chi connectivity index (χ4v) is 2.52. The number of aromatic nitrogens is 5. The number of benzene rings is 1. The van der Waals surface area contributed by atoms with Crippen molar-refractivity contribution < 1.29 is 4.79 Å². The van der Waals surface area contributed by atoms with E-state index in [4.69, 9.17) is 0 Å². The van der Waals surface area contributed by atoms with Crippen LogP contribution in [0.5, 0.6) is 0 Å². The summed E-state index contributed by atoms with van der Waals surface area (Å²) in [5, 5.41) is 12.1. The number of ketones is 1. The molecule has 3 rings (SSSR count). The molecular weight excluding hydrogens is 290 g/mol. The van der Waals surface area contributed by atoms with Gasteiger partial charge in [0, 0.05) is 5.56 Å². The van der Waals surface area contributed by atoms with Crippen molar-refractivity contribution in [2.45, 2.75) is 12.1 Å². The highest BCUT2D eigenvalue weighted by Crippen LogP contribution is 2.16. The van der Waals surface area contributed by atoms with E-state index in [-0.39, 0.29) is 22.9 Å². The van der Waals surface area contributed by atoms with Crippen molar-refractivity contribution >= 4 is 23.3 Å². The lowest BCUT2D eigenvalue weighted by molar-refractivity contribution is 0.102. The fraction of sp³-hybridized carbons (Fsp3) is 0.154. The van der Waals surface area contributed by atoms with E-state index in [0.29, 0.717) is 10.7 Å². The highest BCUT2D eigenvalue weighted by atomic mass is 32.2. The van der Waals surface area contributed by atoms with E-state index >= 15 is 0 Å². The molecular formula is C13H11N5O2S. The van der Waals surface area contributed by atoms with Crippen LogP contribution in [0.25, 0.3) is 5.78 Å². The maximum Gasteiger partial charge on any atom is 0.271 e. The van der Waals surface area contributed by atoms with Gasteiger partial charge in [-0.3, -0.25) is 14.6 Å². The Morgan fingerprint density at radius 2 is 2.05 bits per heavy atom. The Morgan fingerprint density at radius 1 is 1.29 bits per heavy atom. The number of thioether (sulfide) groups is 1. The zero-order valence-corrected chi connectivity index (χ0v) is 11.9. The Labute approximate surface area is 123 Å². The van der Waals surface area contributed by atoms with Crippen LogP contribution in [0.1, 0.15) is 15.9 Å². The number of hydrogen-bond donors (Lipinski definition) is 1. The van der Waals surface area contributed by atoms with Crippen LogP contribution in [0.15, 0.2) is 40.4 Å². The molecule has 3 aromatic rings. The van der Waals surface area contributed by atoms with Gasteiger partial charge < -0.3 is 0 Å². The average molecular weight is 301 g/mol. The second-order valence-corrected chi connectivity index (χ2v) is 5.37. The van der Waals surface area contributed by atoms with Crippen molar-refractivity contribution in [3.8, 4) is 0 Å². The first-order chi connectivity index (χ1) is 10.1. The SMILES string of the molecule is Cc1ccc(C(=O)CSc2nnc3[nH]c(=O)cnn23)cc1. The first kappa shape index (κ1) is 13.5. The molecule has 0 aliphatic carbocycles. The van der Waals surface area contributed by atoms with E-state index in [1.54, 1.807) is 12.1 Å². The molecule has 0 aliphatic heterocycles. The lowest BCUT2D eigenvalue weighted by Crippen LogP contribution is -2.10. The third-order valence-electron chi connectivity index (χ3n) is 2.84. The van der Waals surface area contributed by atoms with Gasteiger partial charge in [0.15, 0.2) is 5.78 Å². The average Bonchev–Trinajstić information content (AvgIpc) is 2.87. The zero-order chi connectivity index (χ0) is 14.8. The molecule has 106 valence electrons. The summed E-state index contributed by atoms with van der Waals surface area (Å²) in [4.78, 5) is 25.7. The molecule has 0 spiro atoms. The Bertz CT molecular complexity index is 853. The monoisotopic (exact) mass is 301 g/mol. The lowest BCUT2D eigenvalue weighted by atomic mass is 10.1. The summed E-state index contributed by atoms with van der Waals surface area (Å²) in [6, 6.07) is 7.40. The Hall–Kier alpha value is -2.48. The van der Waals surface area contributed by atoms with E-state index in [9.17, 15) is 9.59 Å². The standard InChI is InChI=1S/C13H11N5O2S/c1-8-2-4-9(5-3-8)10(19)7-21-13-17-16-12-15-11(20)6-14-18(12)13/h2-6H,7H2,1H3,(H,15,16,20). The zero-order valence-electron chi connectivity index (χ0n) is 11.1. The number of carbonyl (C=O) groups is 1. The van der Waals surface area contributed by atoms with E-state index in [1.165, 1.54) is 16.3 Å². The van der Waals surface area contributed by atoms with Gasteiger partial charge in [-0.25, -0.2) is 0 Å². The molecule has 0 fully saturated rings. The van der Waals surface area contributed by atoms with E-state index in [2.05, 4.69) is 20.3 Å². The van der Waals surface area contributed by atoms with Crippen molar-refractivity contribution in [3.05, 3.63) is 51.9 Å². The molecule has 2 aromatic heterocycles. The molecule has 21 heavy (non-hydrogen) atoms. The summed E-state index contributed by atoms with van der Waals surface area (Å²) >= 11 is 1.22. The van der Waals surface area contributed by atoms with Gasteiger partial charge in [0.25, 0.3) is 11.3 Å². The highest BCUT2D eigenvalue weighted by molar-refractivity contribution is 7.99. The van der Waals surface area contributed by atoms with Crippen LogP contribution >= 0.6 is 11.8 Å². The molecule has 0 aliphatic rings. The smallest absolute Gasteiger partial charge is 0.271 e. The summed E-state index contributed by atoms with van der Waals surface area (Å²) in [6.45, 7) is 1.97. The van der Waals surface area contributed by atoms with Gasteiger partial charge in [-0.1, -0.05) is 41.6 Å². The maximum absolute atomic E-state index is 12.1. The first-order valence-electron chi connectivity index (χ1n) is 6.17. The minimum Gasteiger partial charge on any atom is -0.293 e. The number of H-pyrrole nitrogens is 1. The summed E-state index contributed by atoms with van der Waals surface area (Å²) < 4.78 is 1.40. The summed E-state index contributed by atoms with van der Waals surface area (Å²) in [5.41, 5.74) is 1.42. The summed E-state index contributed by atoms with van der Waals surface area (Å²) in [6.07, 6.45) is 1.14. The second kappa shape index (κ2) is 5.49. The third kappa shape index (κ3) is 2.84. The van der Waals surface area contributed by atoms with Gasteiger partial charge >= 0.3 is 0 Å². The molecule has 1 aromatic carbocycles. The molecule has 0 amide bonds. The van der Waals surface area contributed by atoms with Crippen LogP contribution in [0, 0.1) is 6.92 Å². The summed E-state index contributed by atoms with van der Waals surface area (Å²) in [7, 11) is 0. The minimum absolute atomic E-state index is 0.00109. The number of aromatic amines is 1. The van der Waals surface area contributed by atoms with Gasteiger partial charge in [-0.05, 0) is 6.92 Å². The largest absolute Gasteiger partial charge is 0.293 e. The van der Waals surface area contributed by atoms with Crippen molar-refractivity contribution in [2.75, 3.05) is 5.75 Å². The number of nitrogens with zero attached hydrogens (tertiary/aromatic N) is 4. The molecule has 0 saturated carbocycles. The molecule has 2 heterocycles. The first-order valence-corrected chi connectivity index (χ1v) is 7.15. The van der Waals surface area contributed by atoms with Gasteiger partial charge in [-0.15, -0.1) is 10.2 Å². The van der Waals surface area contributed by atoms with Gasteiger partial charge in [0.2, 0.25) is 5.16 Å². The number of carbonyl (C=O) groups excluding carboxylic acids is 1. The van der Waals surface area contributed by atoms with Gasteiger partial charge in [-0.2, -0.15) is 9.61 Å². The topological polar surface area (TPSA) is 93.0 Å². The number of nitrogens with one attached hydrogen (secondary N) is 1. The predicted molar refractivity (Wildman–Crippen MR) is 77.6 cm³/mol. The number of hydrogen-bond acceptors (Lipinski definition) is 6. The molecule has 1 N–H and O–H groups in total.